The van der Waals surface area contributed by atoms with E-state index in [2.05, 4.69) is 17.9 Å². The Morgan fingerprint density at radius 3 is 2.59 bits per heavy atom. The number of hydrogen-bond donors (Lipinski definition) is 0. The maximum absolute atomic E-state index is 12.2. The lowest BCUT2D eigenvalue weighted by Crippen LogP contribution is -2.54. The molecule has 122 valence electrons. The predicted molar refractivity (Wildman–Crippen MR) is 87.6 cm³/mol. The average Bonchev–Trinajstić information content (AvgIpc) is 2.45. The summed E-state index contributed by atoms with van der Waals surface area (Å²) in [5.41, 5.74) is 0.667. The van der Waals surface area contributed by atoms with E-state index < -0.39 is 5.60 Å². The number of amides is 1. The third kappa shape index (κ3) is 4.06. The third-order valence-electron chi connectivity index (χ3n) is 3.66. The highest BCUT2D eigenvalue weighted by molar-refractivity contribution is 5.69. The molecule has 0 aromatic heterocycles. The lowest BCUT2D eigenvalue weighted by Gasteiger charge is -2.41. The summed E-state index contributed by atoms with van der Waals surface area (Å²) in [5, 5.41) is 0. The van der Waals surface area contributed by atoms with E-state index in [-0.39, 0.29) is 12.1 Å². The zero-order valence-corrected chi connectivity index (χ0v) is 14.1. The van der Waals surface area contributed by atoms with Gasteiger partial charge >= 0.3 is 6.09 Å². The van der Waals surface area contributed by atoms with Crippen molar-refractivity contribution in [1.29, 1.82) is 0 Å². The molecule has 1 aliphatic rings. The zero-order valence-electron chi connectivity index (χ0n) is 14.1. The molecule has 1 aliphatic heterocycles. The van der Waals surface area contributed by atoms with Gasteiger partial charge in [0.15, 0.2) is 0 Å². The molecule has 0 saturated carbocycles. The van der Waals surface area contributed by atoms with Crippen molar-refractivity contribution in [3.8, 4) is 5.75 Å². The molecule has 1 unspecified atom stereocenters. The van der Waals surface area contributed by atoms with Crippen LogP contribution in [0, 0.1) is 0 Å². The molecule has 0 aliphatic carbocycles. The van der Waals surface area contributed by atoms with Gasteiger partial charge in [-0.25, -0.2) is 4.79 Å². The number of ether oxygens (including phenoxy) is 2. The molecule has 1 amide bonds. The summed E-state index contributed by atoms with van der Waals surface area (Å²) in [6.07, 6.45) is -0.232. The number of carbonyl (C=O) groups is 1. The number of carbonyl (C=O) groups excluding carboxylic acids is 1. The fraction of sp³-hybridized carbons (Fsp3) is 0.588. The van der Waals surface area contributed by atoms with Crippen molar-refractivity contribution in [3.63, 3.8) is 0 Å². The minimum Gasteiger partial charge on any atom is -0.497 e. The van der Waals surface area contributed by atoms with Crippen LogP contribution in [0.1, 0.15) is 27.7 Å². The molecule has 1 aromatic rings. The van der Waals surface area contributed by atoms with E-state index in [1.807, 2.05) is 39.0 Å². The highest BCUT2D eigenvalue weighted by Crippen LogP contribution is 2.25. The lowest BCUT2D eigenvalue weighted by molar-refractivity contribution is 0.0219. The number of methoxy groups -OCH3 is 1. The van der Waals surface area contributed by atoms with Gasteiger partial charge in [0.05, 0.1) is 7.11 Å². The normalized spacial score (nSPS) is 19.0. The Hall–Kier alpha value is -1.91. The Morgan fingerprint density at radius 1 is 1.27 bits per heavy atom. The highest BCUT2D eigenvalue weighted by Gasteiger charge is 2.29. The molecule has 5 nitrogen and oxygen atoms in total. The van der Waals surface area contributed by atoms with Gasteiger partial charge < -0.3 is 19.3 Å². The highest BCUT2D eigenvalue weighted by atomic mass is 16.6. The van der Waals surface area contributed by atoms with Gasteiger partial charge in [-0.2, -0.15) is 0 Å². The molecule has 1 atom stereocenters. The first-order valence-electron chi connectivity index (χ1n) is 7.69. The molecule has 5 heteroatoms. The molecule has 1 saturated heterocycles. The van der Waals surface area contributed by atoms with Crippen LogP contribution in [0.25, 0.3) is 0 Å². The number of benzene rings is 1. The van der Waals surface area contributed by atoms with Crippen molar-refractivity contribution in [2.45, 2.75) is 39.3 Å². The first-order chi connectivity index (χ1) is 10.3. The van der Waals surface area contributed by atoms with Crippen LogP contribution in [0.4, 0.5) is 10.5 Å². The predicted octanol–water partition coefficient (Wildman–Crippen LogP) is 3.14. The largest absolute Gasteiger partial charge is 0.497 e. The van der Waals surface area contributed by atoms with Crippen molar-refractivity contribution >= 4 is 11.8 Å². The van der Waals surface area contributed by atoms with E-state index in [9.17, 15) is 4.79 Å². The number of nitrogens with zero attached hydrogens (tertiary/aromatic N) is 2. The van der Waals surface area contributed by atoms with Gasteiger partial charge in [-0.15, -0.1) is 0 Å². The van der Waals surface area contributed by atoms with Crippen LogP contribution in [0.3, 0.4) is 0 Å². The van der Waals surface area contributed by atoms with Crippen LogP contribution in [0.5, 0.6) is 5.75 Å². The SMILES string of the molecule is COc1cccc(N2CCN(C(=O)OC(C)(C)C)CC2C)c1. The molecule has 2 rings (SSSR count). The molecule has 1 fully saturated rings. The van der Waals surface area contributed by atoms with E-state index >= 15 is 0 Å². The average molecular weight is 306 g/mol. The van der Waals surface area contributed by atoms with Gasteiger partial charge in [-0.3, -0.25) is 0 Å². The first kappa shape index (κ1) is 16.5. The molecule has 1 aromatic carbocycles. The van der Waals surface area contributed by atoms with Crippen molar-refractivity contribution in [3.05, 3.63) is 24.3 Å². The van der Waals surface area contributed by atoms with Crippen molar-refractivity contribution in [2.75, 3.05) is 31.6 Å². The Bertz CT molecular complexity index is 525. The van der Waals surface area contributed by atoms with Crippen LogP contribution >= 0.6 is 0 Å². The number of anilines is 1. The van der Waals surface area contributed by atoms with E-state index in [0.29, 0.717) is 13.1 Å². The molecule has 0 bridgehead atoms. The van der Waals surface area contributed by atoms with Gasteiger partial charge in [0.2, 0.25) is 0 Å². The number of rotatable bonds is 2. The standard InChI is InChI=1S/C17H26N2O3/c1-13-12-18(16(20)22-17(2,3)4)9-10-19(13)14-7-6-8-15(11-14)21-5/h6-8,11,13H,9-10,12H2,1-5H3. The summed E-state index contributed by atoms with van der Waals surface area (Å²) in [7, 11) is 1.67. The molecule has 0 spiro atoms. The fourth-order valence-electron chi connectivity index (χ4n) is 2.62. The number of hydrogen-bond acceptors (Lipinski definition) is 4. The minimum atomic E-state index is -0.454. The second-order valence-electron chi connectivity index (χ2n) is 6.67. The molecule has 1 heterocycles. The van der Waals surface area contributed by atoms with Gasteiger partial charge in [0.25, 0.3) is 0 Å². The summed E-state index contributed by atoms with van der Waals surface area (Å²) in [4.78, 5) is 16.2. The maximum atomic E-state index is 12.2. The summed E-state index contributed by atoms with van der Waals surface area (Å²) in [6, 6.07) is 8.25. The van der Waals surface area contributed by atoms with Crippen molar-refractivity contribution < 1.29 is 14.3 Å². The second-order valence-corrected chi connectivity index (χ2v) is 6.67. The topological polar surface area (TPSA) is 42.0 Å². The van der Waals surface area contributed by atoms with Crippen LogP contribution in [0.15, 0.2) is 24.3 Å². The van der Waals surface area contributed by atoms with Gasteiger partial charge in [0.1, 0.15) is 11.4 Å². The van der Waals surface area contributed by atoms with Gasteiger partial charge in [-0.05, 0) is 39.8 Å². The van der Waals surface area contributed by atoms with Gasteiger partial charge in [-0.1, -0.05) is 6.07 Å². The fourth-order valence-corrected chi connectivity index (χ4v) is 2.62. The zero-order chi connectivity index (χ0) is 16.3. The van der Waals surface area contributed by atoms with E-state index in [1.165, 1.54) is 0 Å². The molecule has 0 radical (unpaired) electrons. The van der Waals surface area contributed by atoms with E-state index in [0.717, 1.165) is 18.0 Å². The Labute approximate surface area is 132 Å². The minimum absolute atomic E-state index is 0.230. The van der Waals surface area contributed by atoms with E-state index in [4.69, 9.17) is 9.47 Å². The van der Waals surface area contributed by atoms with Gasteiger partial charge in [0, 0.05) is 37.4 Å². The molecular weight excluding hydrogens is 280 g/mol. The quantitative estimate of drug-likeness (QED) is 0.842. The summed E-state index contributed by atoms with van der Waals surface area (Å²) in [5.74, 6) is 0.847. The van der Waals surface area contributed by atoms with Crippen LogP contribution in [-0.4, -0.2) is 49.4 Å². The summed E-state index contributed by atoms with van der Waals surface area (Å²) < 4.78 is 10.7. The second kappa shape index (κ2) is 6.46. The number of piperazine rings is 1. The monoisotopic (exact) mass is 306 g/mol. The first-order valence-corrected chi connectivity index (χ1v) is 7.69. The van der Waals surface area contributed by atoms with E-state index in [1.54, 1.807) is 12.0 Å². The van der Waals surface area contributed by atoms with Crippen molar-refractivity contribution in [1.82, 2.24) is 4.90 Å². The lowest BCUT2D eigenvalue weighted by atomic mass is 10.1. The third-order valence-corrected chi connectivity index (χ3v) is 3.66. The summed E-state index contributed by atoms with van der Waals surface area (Å²) >= 11 is 0. The van der Waals surface area contributed by atoms with Crippen LogP contribution in [0.2, 0.25) is 0 Å². The maximum Gasteiger partial charge on any atom is 0.410 e. The Morgan fingerprint density at radius 2 is 2.00 bits per heavy atom. The summed E-state index contributed by atoms with van der Waals surface area (Å²) in [6.45, 7) is 9.90. The smallest absolute Gasteiger partial charge is 0.410 e. The Kier molecular flexibility index (Phi) is 4.84. The molecule has 0 N–H and O–H groups in total. The Balaban J connectivity index is 2.02. The molecule has 22 heavy (non-hydrogen) atoms. The van der Waals surface area contributed by atoms with Crippen LogP contribution < -0.4 is 9.64 Å². The van der Waals surface area contributed by atoms with Crippen LogP contribution in [-0.2, 0) is 4.74 Å². The molecular formula is C17H26N2O3. The van der Waals surface area contributed by atoms with Crippen molar-refractivity contribution in [2.24, 2.45) is 0 Å².